The van der Waals surface area contributed by atoms with Gasteiger partial charge < -0.3 is 9.84 Å². The summed E-state index contributed by atoms with van der Waals surface area (Å²) in [6.07, 6.45) is 5.11. The van der Waals surface area contributed by atoms with Gasteiger partial charge in [0.25, 0.3) is 11.5 Å². The zero-order valence-corrected chi connectivity index (χ0v) is 13.9. The molecule has 0 bridgehead atoms. The van der Waals surface area contributed by atoms with E-state index in [0.29, 0.717) is 11.1 Å². The van der Waals surface area contributed by atoms with Gasteiger partial charge in [-0.1, -0.05) is 5.16 Å². The molecule has 0 unspecified atom stereocenters. The summed E-state index contributed by atoms with van der Waals surface area (Å²) >= 11 is 0. The minimum atomic E-state index is -0.561. The number of nitrogens with one attached hydrogen (secondary N) is 2. The molecule has 1 aliphatic rings. The SMILES string of the molecule is O=C(NCCn1c(=O)[nH]c2ncccc2c1=O)c1noc2c1CCCC2. The van der Waals surface area contributed by atoms with Crippen LogP contribution in [0, 0.1) is 0 Å². The van der Waals surface area contributed by atoms with Crippen molar-refractivity contribution in [2.24, 2.45) is 0 Å². The molecule has 0 saturated carbocycles. The zero-order valence-electron chi connectivity index (χ0n) is 13.9. The van der Waals surface area contributed by atoms with E-state index in [4.69, 9.17) is 4.52 Å². The molecular weight excluding hydrogens is 338 g/mol. The lowest BCUT2D eigenvalue weighted by molar-refractivity contribution is 0.0942. The van der Waals surface area contributed by atoms with Crippen LogP contribution in [0.15, 0.2) is 32.4 Å². The molecule has 1 aliphatic carbocycles. The molecule has 9 heteroatoms. The fraction of sp³-hybridized carbons (Fsp3) is 0.353. The van der Waals surface area contributed by atoms with E-state index in [1.54, 1.807) is 12.1 Å². The summed E-state index contributed by atoms with van der Waals surface area (Å²) in [5.74, 6) is 0.417. The predicted molar refractivity (Wildman–Crippen MR) is 92.1 cm³/mol. The number of nitrogens with zero attached hydrogens (tertiary/aromatic N) is 3. The lowest BCUT2D eigenvalue weighted by Crippen LogP contribution is -2.39. The molecule has 4 rings (SSSR count). The van der Waals surface area contributed by atoms with E-state index in [1.807, 2.05) is 0 Å². The Morgan fingerprint density at radius 1 is 1.31 bits per heavy atom. The maximum atomic E-state index is 12.4. The number of hydrogen-bond donors (Lipinski definition) is 2. The molecule has 0 aromatic carbocycles. The monoisotopic (exact) mass is 355 g/mol. The van der Waals surface area contributed by atoms with Gasteiger partial charge in [-0.2, -0.15) is 0 Å². The van der Waals surface area contributed by atoms with Crippen LogP contribution in [-0.2, 0) is 19.4 Å². The molecule has 3 heterocycles. The first kappa shape index (κ1) is 16.2. The van der Waals surface area contributed by atoms with E-state index in [0.717, 1.165) is 41.6 Å². The van der Waals surface area contributed by atoms with E-state index in [1.165, 1.54) is 6.20 Å². The van der Waals surface area contributed by atoms with Crippen LogP contribution >= 0.6 is 0 Å². The lowest BCUT2D eigenvalue weighted by Gasteiger charge is -2.10. The van der Waals surface area contributed by atoms with Crippen molar-refractivity contribution >= 4 is 16.9 Å². The van der Waals surface area contributed by atoms with Crippen molar-refractivity contribution in [3.8, 4) is 0 Å². The van der Waals surface area contributed by atoms with Gasteiger partial charge in [0.1, 0.15) is 11.4 Å². The third-order valence-electron chi connectivity index (χ3n) is 4.54. The minimum absolute atomic E-state index is 0.0464. The third kappa shape index (κ3) is 2.81. The van der Waals surface area contributed by atoms with Crippen LogP contribution in [0.3, 0.4) is 0 Å². The van der Waals surface area contributed by atoms with Crippen molar-refractivity contribution < 1.29 is 9.32 Å². The molecule has 0 saturated heterocycles. The molecule has 0 radical (unpaired) electrons. The van der Waals surface area contributed by atoms with Crippen molar-refractivity contribution in [2.45, 2.75) is 32.2 Å². The van der Waals surface area contributed by atoms with Gasteiger partial charge in [-0.05, 0) is 31.4 Å². The number of carbonyl (C=O) groups is 1. The molecular formula is C17H17N5O4. The Hall–Kier alpha value is -3.23. The van der Waals surface area contributed by atoms with Crippen LogP contribution in [-0.4, -0.2) is 32.1 Å². The smallest absolute Gasteiger partial charge is 0.330 e. The molecule has 0 atom stereocenters. The highest BCUT2D eigenvalue weighted by Crippen LogP contribution is 2.23. The number of hydrogen-bond acceptors (Lipinski definition) is 6. The summed E-state index contributed by atoms with van der Waals surface area (Å²) in [5, 5.41) is 6.89. The second-order valence-corrected chi connectivity index (χ2v) is 6.18. The van der Waals surface area contributed by atoms with Crippen LogP contribution in [0.1, 0.15) is 34.7 Å². The van der Waals surface area contributed by atoms with Crippen molar-refractivity contribution in [2.75, 3.05) is 6.54 Å². The number of carbonyl (C=O) groups excluding carboxylic acids is 1. The van der Waals surface area contributed by atoms with E-state index in [9.17, 15) is 14.4 Å². The number of aromatic nitrogens is 4. The fourth-order valence-corrected chi connectivity index (χ4v) is 3.22. The van der Waals surface area contributed by atoms with Crippen molar-refractivity contribution in [3.05, 3.63) is 56.2 Å². The number of H-pyrrole nitrogens is 1. The van der Waals surface area contributed by atoms with Crippen LogP contribution in [0.25, 0.3) is 11.0 Å². The summed E-state index contributed by atoms with van der Waals surface area (Å²) < 4.78 is 6.28. The Morgan fingerprint density at radius 2 is 2.15 bits per heavy atom. The van der Waals surface area contributed by atoms with Gasteiger partial charge in [0.05, 0.1) is 5.39 Å². The topological polar surface area (TPSA) is 123 Å². The number of pyridine rings is 1. The average molecular weight is 355 g/mol. The van der Waals surface area contributed by atoms with Gasteiger partial charge in [-0.3, -0.25) is 19.1 Å². The molecule has 1 amide bonds. The molecule has 3 aromatic heterocycles. The van der Waals surface area contributed by atoms with Crippen LogP contribution in [0.4, 0.5) is 0 Å². The predicted octanol–water partition coefficient (Wildman–Crippen LogP) is 0.382. The lowest BCUT2D eigenvalue weighted by atomic mass is 9.96. The molecule has 0 aliphatic heterocycles. The third-order valence-corrected chi connectivity index (χ3v) is 4.54. The van der Waals surface area contributed by atoms with Gasteiger partial charge in [-0.15, -0.1) is 0 Å². The Balaban J connectivity index is 1.49. The largest absolute Gasteiger partial charge is 0.360 e. The highest BCUT2D eigenvalue weighted by molar-refractivity contribution is 5.93. The quantitative estimate of drug-likeness (QED) is 0.697. The Kier molecular flexibility index (Phi) is 4.11. The molecule has 134 valence electrons. The van der Waals surface area contributed by atoms with Crippen molar-refractivity contribution in [3.63, 3.8) is 0 Å². The second-order valence-electron chi connectivity index (χ2n) is 6.18. The van der Waals surface area contributed by atoms with Crippen molar-refractivity contribution in [1.82, 2.24) is 25.0 Å². The van der Waals surface area contributed by atoms with E-state index in [2.05, 4.69) is 20.4 Å². The van der Waals surface area contributed by atoms with Crippen LogP contribution < -0.4 is 16.6 Å². The summed E-state index contributed by atoms with van der Waals surface area (Å²) in [6.45, 7) is 0.167. The summed E-state index contributed by atoms with van der Waals surface area (Å²) in [7, 11) is 0. The van der Waals surface area contributed by atoms with Crippen LogP contribution in [0.5, 0.6) is 0 Å². The molecule has 2 N–H and O–H groups in total. The van der Waals surface area contributed by atoms with Gasteiger partial charge in [-0.25, -0.2) is 9.78 Å². The van der Waals surface area contributed by atoms with Gasteiger partial charge in [0.15, 0.2) is 5.69 Å². The molecule has 3 aromatic rings. The fourth-order valence-electron chi connectivity index (χ4n) is 3.22. The van der Waals surface area contributed by atoms with Gasteiger partial charge in [0.2, 0.25) is 0 Å². The molecule has 9 nitrogen and oxygen atoms in total. The first-order chi connectivity index (χ1) is 12.6. The number of aromatic amines is 1. The Morgan fingerprint density at radius 3 is 3.04 bits per heavy atom. The number of fused-ring (bicyclic) bond motifs is 2. The second kappa shape index (κ2) is 6.58. The minimum Gasteiger partial charge on any atom is -0.360 e. The molecule has 26 heavy (non-hydrogen) atoms. The maximum absolute atomic E-state index is 12.4. The number of rotatable bonds is 4. The summed E-state index contributed by atoms with van der Waals surface area (Å²) in [6, 6.07) is 3.22. The standard InChI is InChI=1S/C17H17N5O4/c23-15(13-10-4-1-2-6-12(10)26-21-13)19-8-9-22-16(24)11-5-3-7-18-14(11)20-17(22)25/h3,5,7H,1-2,4,6,8-9H2,(H,19,23)(H,18,20,25). The summed E-state index contributed by atoms with van der Waals surface area (Å²) in [4.78, 5) is 43.4. The first-order valence-electron chi connectivity index (χ1n) is 8.48. The van der Waals surface area contributed by atoms with E-state index < -0.39 is 11.2 Å². The zero-order chi connectivity index (χ0) is 18.1. The highest BCUT2D eigenvalue weighted by atomic mass is 16.5. The Bertz CT molecular complexity index is 1090. The molecule has 0 fully saturated rings. The average Bonchev–Trinajstić information content (AvgIpc) is 3.08. The first-order valence-corrected chi connectivity index (χ1v) is 8.48. The van der Waals surface area contributed by atoms with Gasteiger partial charge >= 0.3 is 5.69 Å². The van der Waals surface area contributed by atoms with E-state index >= 15 is 0 Å². The maximum Gasteiger partial charge on any atom is 0.330 e. The Labute approximate surface area is 147 Å². The number of amides is 1. The number of aryl methyl sites for hydroxylation is 1. The van der Waals surface area contributed by atoms with Gasteiger partial charge in [0, 0.05) is 31.3 Å². The molecule has 0 spiro atoms. The summed E-state index contributed by atoms with van der Waals surface area (Å²) in [5.41, 5.74) is 0.403. The highest BCUT2D eigenvalue weighted by Gasteiger charge is 2.23. The normalized spacial score (nSPS) is 13.5. The van der Waals surface area contributed by atoms with E-state index in [-0.39, 0.29) is 24.6 Å². The van der Waals surface area contributed by atoms with Crippen LogP contribution in [0.2, 0.25) is 0 Å². The van der Waals surface area contributed by atoms with Crippen molar-refractivity contribution in [1.29, 1.82) is 0 Å².